The normalized spacial score (nSPS) is 16.1. The summed E-state index contributed by atoms with van der Waals surface area (Å²) in [4.78, 5) is 2.49. The second-order valence-electron chi connectivity index (χ2n) is 20.7. The molecule has 0 heterocycles. The van der Waals surface area contributed by atoms with Crippen LogP contribution in [0.5, 0.6) is 0 Å². The van der Waals surface area contributed by atoms with Gasteiger partial charge in [0.05, 0.1) is 0 Å². The van der Waals surface area contributed by atoms with Gasteiger partial charge in [-0.25, -0.2) is 0 Å². The van der Waals surface area contributed by atoms with Crippen LogP contribution < -0.4 is 4.90 Å². The van der Waals surface area contributed by atoms with Crippen LogP contribution >= 0.6 is 0 Å². The summed E-state index contributed by atoms with van der Waals surface area (Å²) in [6.45, 7) is 9.51. The molecule has 67 heavy (non-hydrogen) atoms. The molecule has 1 nitrogen and oxygen atoms in total. The van der Waals surface area contributed by atoms with Gasteiger partial charge in [0, 0.05) is 33.3 Å². The minimum atomic E-state index is -0.105. The SMILES string of the molecule is CC1(C)c2ccccc2-c2ccc(-c3ccc(N(c4ccc(-c5ccccc5-c5cccc6c5C(C)(C)c5ccccc5-6)cc4)c4ccc5c(c4)C4(CCCCC4)c4ccccc4-5)cc3)cc21. The van der Waals surface area contributed by atoms with Crippen LogP contribution in [0, 0.1) is 0 Å². The highest BCUT2D eigenvalue weighted by molar-refractivity contribution is 5.94. The fraction of sp³-hybridized carbons (Fsp3) is 0.182. The van der Waals surface area contributed by atoms with Crippen molar-refractivity contribution < 1.29 is 0 Å². The van der Waals surface area contributed by atoms with E-state index in [1.54, 1.807) is 0 Å². The van der Waals surface area contributed by atoms with E-state index in [2.05, 4.69) is 233 Å². The van der Waals surface area contributed by atoms with Gasteiger partial charge < -0.3 is 4.90 Å². The molecule has 0 unspecified atom stereocenters. The van der Waals surface area contributed by atoms with Crippen molar-refractivity contribution in [3.8, 4) is 66.8 Å². The molecule has 1 heteroatoms. The monoisotopic (exact) mass is 861 g/mol. The lowest BCUT2D eigenvalue weighted by Gasteiger charge is -2.36. The molecular weight excluding hydrogens is 807 g/mol. The van der Waals surface area contributed by atoms with Gasteiger partial charge in [-0.2, -0.15) is 0 Å². The fourth-order valence-corrected chi connectivity index (χ4v) is 13.2. The summed E-state index contributed by atoms with van der Waals surface area (Å²) < 4.78 is 0. The molecule has 0 atom stereocenters. The smallest absolute Gasteiger partial charge is 0.0465 e. The number of rotatable bonds is 6. The predicted molar refractivity (Wildman–Crippen MR) is 282 cm³/mol. The molecule has 0 aromatic heterocycles. The first-order valence-electron chi connectivity index (χ1n) is 24.6. The quantitative estimate of drug-likeness (QED) is 0.161. The average molecular weight is 862 g/mol. The number of nitrogens with zero attached hydrogens (tertiary/aromatic N) is 1. The van der Waals surface area contributed by atoms with Crippen LogP contribution in [0.1, 0.15) is 93.2 Å². The van der Waals surface area contributed by atoms with E-state index in [0.717, 1.165) is 11.4 Å². The molecule has 4 aliphatic rings. The highest BCUT2D eigenvalue weighted by atomic mass is 15.1. The standard InChI is InChI=1S/C66H55N/c1-64(2)58-24-11-8-19-51(58)54-37-31-45(41-61(54)64)43-27-32-46(33-28-43)67(48-36-38-55-52-20-10-13-26-60(52)66(62(55)42-48)39-14-5-15-40-66)47-34-29-44(30-35-47)49-17-6-7-18-50(49)56-22-16-23-57-53-21-9-12-25-59(53)65(3,4)63(56)57/h6-13,16-38,41-42H,5,14-15,39-40H2,1-4H3. The van der Waals surface area contributed by atoms with Crippen molar-refractivity contribution in [3.63, 3.8) is 0 Å². The Balaban J connectivity index is 0.914. The highest BCUT2D eigenvalue weighted by Gasteiger charge is 2.44. The Bertz CT molecular complexity index is 3430. The van der Waals surface area contributed by atoms with E-state index >= 15 is 0 Å². The summed E-state index contributed by atoms with van der Waals surface area (Å²) in [6.07, 6.45) is 6.28. The minimum Gasteiger partial charge on any atom is -0.310 e. The molecule has 13 rings (SSSR count). The summed E-state index contributed by atoms with van der Waals surface area (Å²) in [5.41, 5.74) is 27.9. The van der Waals surface area contributed by atoms with Crippen LogP contribution in [-0.2, 0) is 16.2 Å². The molecule has 0 radical (unpaired) electrons. The largest absolute Gasteiger partial charge is 0.310 e. The van der Waals surface area contributed by atoms with Crippen molar-refractivity contribution >= 4 is 17.1 Å². The molecule has 4 aliphatic carbocycles. The molecule has 1 fully saturated rings. The number of fused-ring (bicyclic) bond motifs is 11. The van der Waals surface area contributed by atoms with Crippen LogP contribution in [0.3, 0.4) is 0 Å². The molecule has 0 bridgehead atoms. The highest BCUT2D eigenvalue weighted by Crippen LogP contribution is 2.58. The van der Waals surface area contributed by atoms with Crippen molar-refractivity contribution in [1.82, 2.24) is 0 Å². The van der Waals surface area contributed by atoms with E-state index in [-0.39, 0.29) is 16.2 Å². The van der Waals surface area contributed by atoms with Crippen LogP contribution in [0.4, 0.5) is 17.1 Å². The molecule has 324 valence electrons. The Hall–Kier alpha value is -7.22. The second kappa shape index (κ2) is 14.9. The van der Waals surface area contributed by atoms with Gasteiger partial charge in [0.25, 0.3) is 0 Å². The Labute approximate surface area is 396 Å². The summed E-state index contributed by atoms with van der Waals surface area (Å²) in [5, 5.41) is 0. The van der Waals surface area contributed by atoms with E-state index in [0.29, 0.717) is 0 Å². The van der Waals surface area contributed by atoms with Gasteiger partial charge in [-0.05, 0) is 155 Å². The molecule has 9 aromatic carbocycles. The van der Waals surface area contributed by atoms with E-state index in [1.807, 2.05) is 0 Å². The Morgan fingerprint density at radius 2 is 0.746 bits per heavy atom. The third-order valence-electron chi connectivity index (χ3n) is 16.5. The maximum Gasteiger partial charge on any atom is 0.0465 e. The Kier molecular flexibility index (Phi) is 8.91. The van der Waals surface area contributed by atoms with Gasteiger partial charge in [0.2, 0.25) is 0 Å². The zero-order valence-corrected chi connectivity index (χ0v) is 39.0. The van der Waals surface area contributed by atoms with Crippen molar-refractivity contribution in [2.75, 3.05) is 4.90 Å². The molecule has 0 saturated heterocycles. The topological polar surface area (TPSA) is 3.24 Å². The van der Waals surface area contributed by atoms with Gasteiger partial charge in [-0.1, -0.05) is 205 Å². The molecule has 0 N–H and O–H groups in total. The predicted octanol–water partition coefficient (Wildman–Crippen LogP) is 18.0. The van der Waals surface area contributed by atoms with Crippen molar-refractivity contribution in [1.29, 1.82) is 0 Å². The third-order valence-corrected chi connectivity index (χ3v) is 16.5. The summed E-state index contributed by atoms with van der Waals surface area (Å²) in [5.74, 6) is 0. The first-order chi connectivity index (χ1) is 32.7. The lowest BCUT2D eigenvalue weighted by atomic mass is 9.68. The Morgan fingerprint density at radius 3 is 1.42 bits per heavy atom. The van der Waals surface area contributed by atoms with Crippen molar-refractivity contribution in [3.05, 3.63) is 234 Å². The van der Waals surface area contributed by atoms with Crippen molar-refractivity contribution in [2.45, 2.75) is 76.0 Å². The molecule has 0 amide bonds. The number of hydrogen-bond acceptors (Lipinski definition) is 1. The third kappa shape index (κ3) is 5.93. The van der Waals surface area contributed by atoms with Crippen LogP contribution in [0.25, 0.3) is 66.8 Å². The average Bonchev–Trinajstić information content (AvgIpc) is 3.88. The lowest BCUT2D eigenvalue weighted by molar-refractivity contribution is 0.353. The van der Waals surface area contributed by atoms with Crippen molar-refractivity contribution in [2.24, 2.45) is 0 Å². The molecule has 0 aliphatic heterocycles. The first kappa shape index (κ1) is 40.1. The fourth-order valence-electron chi connectivity index (χ4n) is 13.2. The zero-order valence-electron chi connectivity index (χ0n) is 39.0. The summed E-state index contributed by atoms with van der Waals surface area (Å²) in [6, 6.07) is 76.1. The molecular formula is C66H55N. The first-order valence-corrected chi connectivity index (χ1v) is 24.6. The van der Waals surface area contributed by atoms with Gasteiger partial charge in [0.1, 0.15) is 0 Å². The Morgan fingerprint density at radius 1 is 0.299 bits per heavy atom. The van der Waals surface area contributed by atoms with E-state index < -0.39 is 0 Å². The van der Waals surface area contributed by atoms with Crippen LogP contribution in [0.15, 0.2) is 200 Å². The minimum absolute atomic E-state index is 0.0438. The summed E-state index contributed by atoms with van der Waals surface area (Å²) in [7, 11) is 0. The molecule has 1 spiro atoms. The number of benzene rings is 9. The van der Waals surface area contributed by atoms with Gasteiger partial charge >= 0.3 is 0 Å². The van der Waals surface area contributed by atoms with E-state index in [1.165, 1.54) is 138 Å². The number of anilines is 3. The summed E-state index contributed by atoms with van der Waals surface area (Å²) >= 11 is 0. The van der Waals surface area contributed by atoms with Crippen LogP contribution in [-0.4, -0.2) is 0 Å². The molecule has 1 saturated carbocycles. The molecule has 9 aromatic rings. The van der Waals surface area contributed by atoms with Gasteiger partial charge in [-0.15, -0.1) is 0 Å². The second-order valence-corrected chi connectivity index (χ2v) is 20.7. The zero-order chi connectivity index (χ0) is 45.1. The van der Waals surface area contributed by atoms with Gasteiger partial charge in [0.15, 0.2) is 0 Å². The van der Waals surface area contributed by atoms with Gasteiger partial charge in [-0.3, -0.25) is 0 Å². The maximum atomic E-state index is 2.55. The maximum absolute atomic E-state index is 2.55. The van der Waals surface area contributed by atoms with E-state index in [9.17, 15) is 0 Å². The number of hydrogen-bond donors (Lipinski definition) is 0. The lowest BCUT2D eigenvalue weighted by Crippen LogP contribution is -2.28. The van der Waals surface area contributed by atoms with Crippen LogP contribution in [0.2, 0.25) is 0 Å². The van der Waals surface area contributed by atoms with E-state index in [4.69, 9.17) is 0 Å².